The highest BCUT2D eigenvalue weighted by molar-refractivity contribution is 8.15. The topological polar surface area (TPSA) is 311 Å². The van der Waals surface area contributed by atoms with Gasteiger partial charge in [0, 0.05) is 49.8 Å². The molecule has 1 aromatic carbocycles. The minimum Gasteiger partial charge on any atom is -0.368 e. The highest BCUT2D eigenvalue weighted by Gasteiger charge is 2.40. The molecule has 10 atom stereocenters. The van der Waals surface area contributed by atoms with E-state index in [9.17, 15) is 47.9 Å². The fourth-order valence-corrected chi connectivity index (χ4v) is 12.2. The molecule has 0 saturated carbocycles. The standard InChI is InChI=1S/C57H84N10O10S2/c1-8-9-19-40-57(77)67-22-15-20-45(67)55(76)61-34(6)50(71)60-35(7)51(72)65-43(25-36-16-11-10-12-17-36)54(75)64-42(49(59)70)26-37-27-48(78-30-37)56-66-44(31-79-56)47(69)29-39(23-32(2)3)53(74)63-41(24-33(4)5)46(68)28-38(52(73)62-40)18-13-14-21-58/h10-12,16-17,27,30,32-35,38-45H,8-9,13-15,18-26,28-29,31,58H2,1-7H3,(H2,59,70)(H,60,71)(H,61,76)(H,62,73)(H,63,74)(H,64,75)(H,65,72)/t34-,35-,38+,39+,40-,41?,42-,43?,44-,45-/m0/s1. The van der Waals surface area contributed by atoms with E-state index in [1.807, 2.05) is 40.7 Å². The number of hydrogen-bond acceptors (Lipinski definition) is 14. The summed E-state index contributed by atoms with van der Waals surface area (Å²) < 4.78 is 0. The van der Waals surface area contributed by atoms with Crippen LogP contribution in [0.2, 0.25) is 0 Å². The number of thioether (sulfide) groups is 1. The van der Waals surface area contributed by atoms with Gasteiger partial charge in [-0.25, -0.2) is 0 Å². The van der Waals surface area contributed by atoms with Gasteiger partial charge in [-0.2, -0.15) is 0 Å². The number of nitrogens with one attached hydrogen (secondary N) is 6. The van der Waals surface area contributed by atoms with Gasteiger partial charge < -0.3 is 48.3 Å². The zero-order chi connectivity index (χ0) is 57.9. The van der Waals surface area contributed by atoms with Gasteiger partial charge in [-0.3, -0.25) is 52.9 Å². The van der Waals surface area contributed by atoms with Gasteiger partial charge in [0.05, 0.1) is 10.9 Å². The minimum absolute atomic E-state index is 0.000601. The Morgan fingerprint density at radius 3 is 2.00 bits per heavy atom. The van der Waals surface area contributed by atoms with Crippen LogP contribution in [0.4, 0.5) is 0 Å². The van der Waals surface area contributed by atoms with Gasteiger partial charge in [-0.05, 0) is 99.7 Å². The molecule has 0 aliphatic carbocycles. The van der Waals surface area contributed by atoms with Crippen LogP contribution in [0.5, 0.6) is 0 Å². The van der Waals surface area contributed by atoms with Crippen LogP contribution >= 0.6 is 23.1 Å². The van der Waals surface area contributed by atoms with Gasteiger partial charge in [0.15, 0.2) is 11.6 Å². The Hall–Kier alpha value is -6.00. The van der Waals surface area contributed by atoms with Crippen molar-refractivity contribution in [3.8, 4) is 0 Å². The number of amides is 8. The molecule has 4 bridgehead atoms. The van der Waals surface area contributed by atoms with Gasteiger partial charge in [0.25, 0.3) is 0 Å². The van der Waals surface area contributed by atoms with Crippen molar-refractivity contribution in [2.75, 3.05) is 18.8 Å². The van der Waals surface area contributed by atoms with Crippen molar-refractivity contribution >= 4 is 87.0 Å². The number of ketones is 2. The summed E-state index contributed by atoms with van der Waals surface area (Å²) >= 11 is 2.73. The third-order valence-electron chi connectivity index (χ3n) is 14.5. The first-order valence-electron chi connectivity index (χ1n) is 28.1. The maximum absolute atomic E-state index is 14.5. The average molecular weight is 1130 g/mol. The minimum atomic E-state index is -1.22. The predicted octanol–water partition coefficient (Wildman–Crippen LogP) is 3.40. The molecule has 1 aromatic heterocycles. The third kappa shape index (κ3) is 19.4. The van der Waals surface area contributed by atoms with E-state index in [2.05, 4.69) is 31.9 Å². The molecule has 8 amide bonds. The zero-order valence-corrected chi connectivity index (χ0v) is 48.6. The molecule has 3 aliphatic heterocycles. The van der Waals surface area contributed by atoms with Gasteiger partial charge in [-0.15, -0.1) is 23.1 Å². The number of carbonyl (C=O) groups excluding carboxylic acids is 10. The summed E-state index contributed by atoms with van der Waals surface area (Å²) in [5.41, 5.74) is 13.1. The molecule has 434 valence electrons. The maximum Gasteiger partial charge on any atom is 0.245 e. The fraction of sp³-hybridized carbons (Fsp3) is 0.632. The molecule has 5 rings (SSSR count). The smallest absolute Gasteiger partial charge is 0.245 e. The second-order valence-electron chi connectivity index (χ2n) is 22.2. The van der Waals surface area contributed by atoms with Crippen LogP contribution in [0.25, 0.3) is 0 Å². The molecule has 3 aliphatic rings. The maximum atomic E-state index is 14.5. The molecule has 4 heterocycles. The molecule has 10 N–H and O–H groups in total. The Balaban J connectivity index is 1.48. The molecule has 0 radical (unpaired) electrons. The van der Waals surface area contributed by atoms with Crippen LogP contribution < -0.4 is 43.4 Å². The second-order valence-corrected chi connectivity index (χ2v) is 24.1. The summed E-state index contributed by atoms with van der Waals surface area (Å²) in [6, 6.07) is 2.21. The van der Waals surface area contributed by atoms with Gasteiger partial charge >= 0.3 is 0 Å². The third-order valence-corrected chi connectivity index (χ3v) is 16.7. The molecule has 1 fully saturated rings. The first-order valence-corrected chi connectivity index (χ1v) is 29.9. The summed E-state index contributed by atoms with van der Waals surface area (Å²) in [6.07, 6.45) is 4.03. The van der Waals surface area contributed by atoms with Gasteiger partial charge in [0.1, 0.15) is 47.3 Å². The number of hydrogen-bond donors (Lipinski definition) is 8. The van der Waals surface area contributed by atoms with Crippen molar-refractivity contribution < 1.29 is 47.9 Å². The largest absolute Gasteiger partial charge is 0.368 e. The highest BCUT2D eigenvalue weighted by Crippen LogP contribution is 2.31. The van der Waals surface area contributed by atoms with Crippen molar-refractivity contribution in [2.24, 2.45) is 40.1 Å². The van der Waals surface area contributed by atoms with E-state index in [0.717, 1.165) is 4.88 Å². The zero-order valence-electron chi connectivity index (χ0n) is 46.9. The first kappa shape index (κ1) is 63.8. The summed E-state index contributed by atoms with van der Waals surface area (Å²) in [6.45, 7) is 13.2. The number of Topliss-reactive ketones (excluding diaryl/α,β-unsaturated/α-hetero) is 2. The van der Waals surface area contributed by atoms with Gasteiger partial charge in [-0.1, -0.05) is 84.2 Å². The average Bonchev–Trinajstić information content (AvgIpc) is 4.30. The number of fused-ring (bicyclic) bond motifs is 5. The normalized spacial score (nSPS) is 27.0. The van der Waals surface area contributed by atoms with E-state index in [1.165, 1.54) is 41.8 Å². The fourth-order valence-electron chi connectivity index (χ4n) is 10.1. The number of unbranched alkanes of at least 4 members (excludes halogenated alkanes) is 2. The Bertz CT molecular complexity index is 2500. The van der Waals surface area contributed by atoms with Crippen molar-refractivity contribution in [1.82, 2.24) is 36.8 Å². The molecule has 2 unspecified atom stereocenters. The number of primary amides is 1. The lowest BCUT2D eigenvalue weighted by Crippen LogP contribution is -2.59. The van der Waals surface area contributed by atoms with E-state index < -0.39 is 107 Å². The van der Waals surface area contributed by atoms with Crippen LogP contribution in [0.1, 0.15) is 142 Å². The monoisotopic (exact) mass is 1130 g/mol. The number of carbonyl (C=O) groups is 10. The number of benzene rings is 1. The van der Waals surface area contributed by atoms with E-state index in [4.69, 9.17) is 16.5 Å². The molecule has 20 nitrogen and oxygen atoms in total. The Kier molecular flexibility index (Phi) is 25.1. The highest BCUT2D eigenvalue weighted by atomic mass is 32.2. The summed E-state index contributed by atoms with van der Waals surface area (Å²) in [5, 5.41) is 19.1. The van der Waals surface area contributed by atoms with Crippen molar-refractivity contribution in [3.05, 3.63) is 57.8 Å². The first-order chi connectivity index (χ1) is 37.6. The number of nitrogens with two attached hydrogens (primary N) is 2. The number of rotatable bonds is 14. The summed E-state index contributed by atoms with van der Waals surface area (Å²) in [5.74, 6) is -6.87. The van der Waals surface area contributed by atoms with Gasteiger partial charge in [0.2, 0.25) is 47.3 Å². The number of nitrogens with zero attached hydrogens (tertiary/aromatic N) is 2. The van der Waals surface area contributed by atoms with E-state index in [-0.39, 0.29) is 81.3 Å². The van der Waals surface area contributed by atoms with Crippen LogP contribution in [-0.2, 0) is 60.8 Å². The Labute approximate surface area is 473 Å². The summed E-state index contributed by atoms with van der Waals surface area (Å²) in [4.78, 5) is 147. The van der Waals surface area contributed by atoms with Crippen molar-refractivity contribution in [2.45, 2.75) is 187 Å². The lowest BCUT2D eigenvalue weighted by Gasteiger charge is -2.30. The number of thiophene rings is 1. The SMILES string of the molecule is CCCC[C@@H]1NC(=O)[C@H](CCCCN)CC(=O)C(CC(C)C)NC(=O)[C@H](CC(C)C)CC(=O)[C@@H]2CSC(=N2)c2cc(cs2)C[C@@H](C(N)=O)NC(=O)C(Cc2ccccc2)NC(=O)[C@H](C)NC(=O)[C@H](C)NC(=O)[C@@H]2CCCN2C1=O. The number of aliphatic imine (C=N–C) groups is 1. The van der Waals surface area contributed by atoms with E-state index >= 15 is 0 Å². The van der Waals surface area contributed by atoms with Crippen molar-refractivity contribution in [1.29, 1.82) is 0 Å². The predicted molar refractivity (Wildman–Crippen MR) is 305 cm³/mol. The van der Waals surface area contributed by atoms with Crippen LogP contribution in [0, 0.1) is 23.7 Å². The Morgan fingerprint density at radius 1 is 0.709 bits per heavy atom. The lowest BCUT2D eigenvalue weighted by atomic mass is 9.87. The lowest BCUT2D eigenvalue weighted by molar-refractivity contribution is -0.143. The van der Waals surface area contributed by atoms with Crippen LogP contribution in [-0.4, -0.2) is 136 Å². The van der Waals surface area contributed by atoms with Crippen LogP contribution in [0.15, 0.2) is 46.8 Å². The molecular formula is C57H84N10O10S2. The molecule has 22 heteroatoms. The quantitative estimate of drug-likeness (QED) is 0.126. The van der Waals surface area contributed by atoms with E-state index in [1.54, 1.807) is 35.7 Å². The Morgan fingerprint density at radius 2 is 1.34 bits per heavy atom. The molecule has 1 saturated heterocycles. The molecule has 0 spiro atoms. The molecular weight excluding hydrogens is 1050 g/mol. The van der Waals surface area contributed by atoms with Crippen LogP contribution in [0.3, 0.4) is 0 Å². The molecule has 2 aromatic rings. The van der Waals surface area contributed by atoms with E-state index in [0.29, 0.717) is 67.0 Å². The van der Waals surface area contributed by atoms with Crippen molar-refractivity contribution in [3.63, 3.8) is 0 Å². The summed E-state index contributed by atoms with van der Waals surface area (Å²) in [7, 11) is 0. The molecule has 79 heavy (non-hydrogen) atoms. The second kappa shape index (κ2) is 31.1.